The number of aromatic nitrogens is 2. The second-order valence-electron chi connectivity index (χ2n) is 4.71. The number of amidine groups is 1. The third kappa shape index (κ3) is 2.55. The van der Waals surface area contributed by atoms with E-state index in [4.69, 9.17) is 10.9 Å². The Balaban J connectivity index is 1.97. The number of nitrogens with two attached hydrogens (primary N) is 1. The van der Waals surface area contributed by atoms with Gasteiger partial charge in [0.2, 0.25) is 0 Å². The van der Waals surface area contributed by atoms with Crippen molar-refractivity contribution in [2.45, 2.75) is 6.54 Å². The molecule has 0 aliphatic heterocycles. The first-order chi connectivity index (χ1) is 10.2. The van der Waals surface area contributed by atoms with Gasteiger partial charge >= 0.3 is 0 Å². The minimum Gasteiger partial charge on any atom is -0.409 e. The van der Waals surface area contributed by atoms with E-state index >= 15 is 0 Å². The smallest absolute Gasteiger partial charge is 0.170 e. The average molecular weight is 284 g/mol. The van der Waals surface area contributed by atoms with Crippen LogP contribution in [0.3, 0.4) is 0 Å². The van der Waals surface area contributed by atoms with E-state index in [1.807, 2.05) is 29.0 Å². The van der Waals surface area contributed by atoms with E-state index in [0.717, 1.165) is 16.5 Å². The van der Waals surface area contributed by atoms with Gasteiger partial charge in [-0.3, -0.25) is 4.98 Å². The van der Waals surface area contributed by atoms with Crippen LogP contribution in [-0.2, 0) is 6.54 Å². The number of fused-ring (bicyclic) bond motifs is 1. The van der Waals surface area contributed by atoms with Crippen LogP contribution in [0.15, 0.2) is 54.1 Å². The minimum atomic E-state index is -0.349. The van der Waals surface area contributed by atoms with Crippen LogP contribution in [0.1, 0.15) is 11.1 Å². The molecule has 106 valence electrons. The summed E-state index contributed by atoms with van der Waals surface area (Å²) in [6.45, 7) is 0.525. The topological polar surface area (TPSA) is 76.4 Å². The summed E-state index contributed by atoms with van der Waals surface area (Å²) in [5, 5.41) is 12.7. The summed E-state index contributed by atoms with van der Waals surface area (Å²) in [6.07, 6.45) is 4.73. The fourth-order valence-electron chi connectivity index (χ4n) is 2.29. The normalized spacial score (nSPS) is 12.0. The molecule has 1 aromatic carbocycles. The SMILES string of the molecule is N/C(=N/O)c1ccc2c(ccn2Cc2cncc(F)c2)c1. The second kappa shape index (κ2) is 5.24. The fraction of sp³-hybridized carbons (Fsp3) is 0.0667. The van der Waals surface area contributed by atoms with Crippen molar-refractivity contribution in [3.63, 3.8) is 0 Å². The van der Waals surface area contributed by atoms with E-state index in [0.29, 0.717) is 12.1 Å². The Morgan fingerprint density at radius 2 is 2.14 bits per heavy atom. The lowest BCUT2D eigenvalue weighted by Gasteiger charge is -2.06. The summed E-state index contributed by atoms with van der Waals surface area (Å²) in [5.41, 5.74) is 7.99. The van der Waals surface area contributed by atoms with E-state index in [-0.39, 0.29) is 11.7 Å². The van der Waals surface area contributed by atoms with Crippen LogP contribution in [0.25, 0.3) is 10.9 Å². The molecular weight excluding hydrogens is 271 g/mol. The van der Waals surface area contributed by atoms with Gasteiger partial charge in [0.25, 0.3) is 0 Å². The molecule has 0 saturated heterocycles. The number of nitrogens with zero attached hydrogens (tertiary/aromatic N) is 3. The first-order valence-corrected chi connectivity index (χ1v) is 6.33. The zero-order valence-electron chi connectivity index (χ0n) is 11.1. The van der Waals surface area contributed by atoms with Crippen molar-refractivity contribution in [3.05, 3.63) is 65.9 Å². The molecule has 0 aliphatic rings. The summed E-state index contributed by atoms with van der Waals surface area (Å²) >= 11 is 0. The quantitative estimate of drug-likeness (QED) is 0.335. The third-order valence-corrected chi connectivity index (χ3v) is 3.29. The van der Waals surface area contributed by atoms with Gasteiger partial charge in [-0.05, 0) is 35.9 Å². The van der Waals surface area contributed by atoms with Crippen molar-refractivity contribution in [2.24, 2.45) is 10.9 Å². The molecule has 0 radical (unpaired) electrons. The highest BCUT2D eigenvalue weighted by Crippen LogP contribution is 2.19. The van der Waals surface area contributed by atoms with Gasteiger partial charge in [-0.2, -0.15) is 0 Å². The maximum absolute atomic E-state index is 13.2. The van der Waals surface area contributed by atoms with Crippen LogP contribution in [0.5, 0.6) is 0 Å². The molecular formula is C15H13FN4O. The fourth-order valence-corrected chi connectivity index (χ4v) is 2.29. The Hall–Kier alpha value is -2.89. The third-order valence-electron chi connectivity index (χ3n) is 3.29. The van der Waals surface area contributed by atoms with Crippen LogP contribution in [0.4, 0.5) is 4.39 Å². The summed E-state index contributed by atoms with van der Waals surface area (Å²) in [5.74, 6) is -0.280. The van der Waals surface area contributed by atoms with Gasteiger partial charge in [-0.15, -0.1) is 0 Å². The Morgan fingerprint density at radius 1 is 1.29 bits per heavy atom. The number of pyridine rings is 1. The van der Waals surface area contributed by atoms with E-state index in [1.54, 1.807) is 12.3 Å². The summed E-state index contributed by atoms with van der Waals surface area (Å²) in [6, 6.07) is 8.89. The first-order valence-electron chi connectivity index (χ1n) is 6.33. The van der Waals surface area contributed by atoms with Crippen LogP contribution >= 0.6 is 0 Å². The molecule has 0 aliphatic carbocycles. The number of hydrogen-bond donors (Lipinski definition) is 2. The van der Waals surface area contributed by atoms with E-state index in [2.05, 4.69) is 10.1 Å². The summed E-state index contributed by atoms with van der Waals surface area (Å²) in [7, 11) is 0. The minimum absolute atomic E-state index is 0.0685. The average Bonchev–Trinajstić information content (AvgIpc) is 2.89. The van der Waals surface area contributed by atoms with Crippen molar-refractivity contribution < 1.29 is 9.60 Å². The summed E-state index contributed by atoms with van der Waals surface area (Å²) in [4.78, 5) is 3.84. The molecule has 0 unspecified atom stereocenters. The van der Waals surface area contributed by atoms with Crippen LogP contribution in [0.2, 0.25) is 0 Å². The molecule has 21 heavy (non-hydrogen) atoms. The maximum atomic E-state index is 13.2. The van der Waals surface area contributed by atoms with Crippen molar-refractivity contribution in [1.29, 1.82) is 0 Å². The highest BCUT2D eigenvalue weighted by molar-refractivity contribution is 6.00. The van der Waals surface area contributed by atoms with Gasteiger partial charge in [0.1, 0.15) is 5.82 Å². The van der Waals surface area contributed by atoms with E-state index in [1.165, 1.54) is 12.3 Å². The van der Waals surface area contributed by atoms with Crippen molar-refractivity contribution >= 4 is 16.7 Å². The predicted octanol–water partition coefficient (Wildman–Crippen LogP) is 2.32. The van der Waals surface area contributed by atoms with Crippen molar-refractivity contribution in [1.82, 2.24) is 9.55 Å². The molecule has 3 rings (SSSR count). The molecule has 0 spiro atoms. The Bertz CT molecular complexity index is 825. The largest absolute Gasteiger partial charge is 0.409 e. The molecule has 3 aromatic rings. The van der Waals surface area contributed by atoms with Crippen molar-refractivity contribution in [2.75, 3.05) is 0 Å². The van der Waals surface area contributed by atoms with Crippen LogP contribution < -0.4 is 5.73 Å². The molecule has 5 nitrogen and oxygen atoms in total. The van der Waals surface area contributed by atoms with Crippen LogP contribution in [-0.4, -0.2) is 20.6 Å². The van der Waals surface area contributed by atoms with Gasteiger partial charge in [-0.25, -0.2) is 4.39 Å². The molecule has 0 saturated carbocycles. The lowest BCUT2D eigenvalue weighted by molar-refractivity contribution is 0.318. The van der Waals surface area contributed by atoms with Crippen molar-refractivity contribution in [3.8, 4) is 0 Å². The monoisotopic (exact) mass is 284 g/mol. The standard InChI is InChI=1S/C15H13FN4O/c16-13-5-10(7-18-8-13)9-20-4-3-11-6-12(15(17)19-21)1-2-14(11)20/h1-8,21H,9H2,(H2,17,19). The molecule has 2 aromatic heterocycles. The number of rotatable bonds is 3. The number of halogens is 1. The van der Waals surface area contributed by atoms with E-state index in [9.17, 15) is 4.39 Å². The first kappa shape index (κ1) is 13.1. The van der Waals surface area contributed by atoms with E-state index < -0.39 is 0 Å². The lowest BCUT2D eigenvalue weighted by atomic mass is 10.1. The molecule has 6 heteroatoms. The number of hydrogen-bond acceptors (Lipinski definition) is 3. The van der Waals surface area contributed by atoms with Crippen LogP contribution in [0, 0.1) is 5.82 Å². The maximum Gasteiger partial charge on any atom is 0.170 e. The molecule has 0 amide bonds. The number of benzene rings is 1. The van der Waals surface area contributed by atoms with Gasteiger partial charge < -0.3 is 15.5 Å². The molecule has 0 bridgehead atoms. The predicted molar refractivity (Wildman–Crippen MR) is 77.7 cm³/mol. The Kier molecular flexibility index (Phi) is 3.27. The number of oxime groups is 1. The van der Waals surface area contributed by atoms with Gasteiger partial charge in [0.05, 0.1) is 6.20 Å². The second-order valence-corrected chi connectivity index (χ2v) is 4.71. The highest BCUT2D eigenvalue weighted by atomic mass is 19.1. The zero-order valence-corrected chi connectivity index (χ0v) is 11.1. The Labute approximate surface area is 120 Å². The zero-order chi connectivity index (χ0) is 14.8. The van der Waals surface area contributed by atoms with Gasteiger partial charge in [0.15, 0.2) is 5.84 Å². The molecule has 3 N–H and O–H groups in total. The lowest BCUT2D eigenvalue weighted by Crippen LogP contribution is -2.12. The van der Waals surface area contributed by atoms with Gasteiger partial charge in [-0.1, -0.05) is 5.16 Å². The molecule has 2 heterocycles. The molecule has 0 fully saturated rings. The highest BCUT2D eigenvalue weighted by Gasteiger charge is 2.06. The van der Waals surface area contributed by atoms with Gasteiger partial charge in [0, 0.05) is 35.4 Å². The summed E-state index contributed by atoms with van der Waals surface area (Å²) < 4.78 is 15.2. The molecule has 0 atom stereocenters. The Morgan fingerprint density at radius 3 is 2.90 bits per heavy atom.